The number of nitrogens with zero attached hydrogens (tertiary/aromatic N) is 2. The number of aromatic nitrogens is 1. The second kappa shape index (κ2) is 7.70. The third kappa shape index (κ3) is 4.66. The highest BCUT2D eigenvalue weighted by Crippen LogP contribution is 2.19. The van der Waals surface area contributed by atoms with Crippen LogP contribution in [0.1, 0.15) is 45.2 Å². The lowest BCUT2D eigenvalue weighted by Crippen LogP contribution is -2.26. The molecule has 0 aromatic carbocycles. The summed E-state index contributed by atoms with van der Waals surface area (Å²) in [7, 11) is 0. The largest absolute Gasteiger partial charge is 0.357 e. The fourth-order valence-corrected chi connectivity index (χ4v) is 1.97. The molecule has 2 nitrogen and oxygen atoms in total. The van der Waals surface area contributed by atoms with Gasteiger partial charge in [-0.25, -0.2) is 4.98 Å². The minimum atomic E-state index is 1.07. The van der Waals surface area contributed by atoms with Gasteiger partial charge in [-0.2, -0.15) is 0 Å². The molecule has 1 aromatic heterocycles. The third-order valence-electron chi connectivity index (χ3n) is 2.89. The predicted molar refractivity (Wildman–Crippen MR) is 78.7 cm³/mol. The minimum Gasteiger partial charge on any atom is -0.357 e. The molecule has 0 saturated carbocycles. The van der Waals surface area contributed by atoms with E-state index in [1.54, 1.807) is 0 Å². The summed E-state index contributed by atoms with van der Waals surface area (Å²) >= 11 is 3.50. The first kappa shape index (κ1) is 14.5. The molecule has 0 aliphatic carbocycles. The van der Waals surface area contributed by atoms with Crippen LogP contribution in [0.2, 0.25) is 0 Å². The van der Waals surface area contributed by atoms with Crippen molar-refractivity contribution < 1.29 is 0 Å². The van der Waals surface area contributed by atoms with Crippen molar-refractivity contribution in [2.24, 2.45) is 0 Å². The van der Waals surface area contributed by atoms with Gasteiger partial charge in [0.05, 0.1) is 5.69 Å². The average molecular weight is 299 g/mol. The van der Waals surface area contributed by atoms with Crippen molar-refractivity contribution in [1.29, 1.82) is 0 Å². The lowest BCUT2D eigenvalue weighted by Gasteiger charge is -2.24. The summed E-state index contributed by atoms with van der Waals surface area (Å²) in [5, 5.41) is 0. The maximum absolute atomic E-state index is 4.66. The number of rotatable bonds is 7. The quantitative estimate of drug-likeness (QED) is 0.733. The molecule has 0 saturated heterocycles. The van der Waals surface area contributed by atoms with Crippen LogP contribution in [0.15, 0.2) is 16.6 Å². The Labute approximate surface area is 114 Å². The molecule has 0 unspecified atom stereocenters. The maximum atomic E-state index is 4.66. The van der Waals surface area contributed by atoms with Crippen molar-refractivity contribution >= 4 is 21.7 Å². The van der Waals surface area contributed by atoms with Crippen molar-refractivity contribution in [3.05, 3.63) is 22.3 Å². The van der Waals surface area contributed by atoms with Crippen molar-refractivity contribution in [1.82, 2.24) is 4.98 Å². The molecule has 0 spiro atoms. The lowest BCUT2D eigenvalue weighted by atomic mass is 10.2. The first-order chi connectivity index (χ1) is 8.19. The van der Waals surface area contributed by atoms with Gasteiger partial charge in [-0.15, -0.1) is 0 Å². The van der Waals surface area contributed by atoms with Crippen LogP contribution >= 0.6 is 15.9 Å². The molecule has 17 heavy (non-hydrogen) atoms. The second-order valence-electron chi connectivity index (χ2n) is 4.43. The van der Waals surface area contributed by atoms with E-state index in [1.807, 2.05) is 6.92 Å². The Morgan fingerprint density at radius 2 is 1.71 bits per heavy atom. The van der Waals surface area contributed by atoms with Crippen LogP contribution in [0.25, 0.3) is 0 Å². The van der Waals surface area contributed by atoms with Crippen LogP contribution in [-0.4, -0.2) is 18.1 Å². The van der Waals surface area contributed by atoms with Gasteiger partial charge in [-0.1, -0.05) is 26.7 Å². The van der Waals surface area contributed by atoms with Gasteiger partial charge in [0, 0.05) is 17.6 Å². The zero-order valence-electron chi connectivity index (χ0n) is 11.2. The Morgan fingerprint density at radius 3 is 2.18 bits per heavy atom. The van der Waals surface area contributed by atoms with Crippen LogP contribution in [0.5, 0.6) is 0 Å². The van der Waals surface area contributed by atoms with Crippen LogP contribution in [0.4, 0.5) is 5.82 Å². The van der Waals surface area contributed by atoms with E-state index in [2.05, 4.69) is 51.8 Å². The summed E-state index contributed by atoms with van der Waals surface area (Å²) in [5.41, 5.74) is 1.07. The van der Waals surface area contributed by atoms with E-state index >= 15 is 0 Å². The second-order valence-corrected chi connectivity index (χ2v) is 5.29. The number of anilines is 1. The van der Waals surface area contributed by atoms with Crippen molar-refractivity contribution in [2.45, 2.75) is 46.5 Å². The first-order valence-corrected chi connectivity index (χ1v) is 7.36. The Bertz CT molecular complexity index is 331. The van der Waals surface area contributed by atoms with Crippen LogP contribution in [-0.2, 0) is 0 Å². The van der Waals surface area contributed by atoms with Gasteiger partial charge in [0.15, 0.2) is 0 Å². The van der Waals surface area contributed by atoms with E-state index in [-0.39, 0.29) is 0 Å². The molecular formula is C14H23BrN2. The summed E-state index contributed by atoms with van der Waals surface area (Å²) < 4.78 is 1.09. The highest BCUT2D eigenvalue weighted by atomic mass is 79.9. The predicted octanol–water partition coefficient (Wildman–Crippen LogP) is 4.56. The lowest BCUT2D eigenvalue weighted by molar-refractivity contribution is 0.670. The molecule has 0 N–H and O–H groups in total. The number of pyridine rings is 1. The van der Waals surface area contributed by atoms with Gasteiger partial charge < -0.3 is 4.90 Å². The molecule has 0 aliphatic heterocycles. The number of unbranched alkanes of at least 4 members (excludes halogenated alkanes) is 2. The Hall–Kier alpha value is -0.570. The molecule has 96 valence electrons. The van der Waals surface area contributed by atoms with Crippen LogP contribution < -0.4 is 4.90 Å². The minimum absolute atomic E-state index is 1.07. The third-order valence-corrected chi connectivity index (χ3v) is 3.73. The summed E-state index contributed by atoms with van der Waals surface area (Å²) in [6, 6.07) is 4.21. The number of hydrogen-bond donors (Lipinski definition) is 0. The molecule has 1 heterocycles. The fraction of sp³-hybridized carbons (Fsp3) is 0.643. The molecule has 3 heteroatoms. The van der Waals surface area contributed by atoms with E-state index in [1.165, 1.54) is 25.7 Å². The first-order valence-electron chi connectivity index (χ1n) is 6.57. The van der Waals surface area contributed by atoms with Crippen molar-refractivity contribution in [3.8, 4) is 0 Å². The van der Waals surface area contributed by atoms with Crippen LogP contribution in [0.3, 0.4) is 0 Å². The topological polar surface area (TPSA) is 16.1 Å². The number of halogens is 1. The highest BCUT2D eigenvalue weighted by Gasteiger charge is 2.08. The molecule has 1 aromatic rings. The SMILES string of the molecule is CCCCN(CCCC)c1ccc(Br)c(C)n1. The molecule has 0 atom stereocenters. The summed E-state index contributed by atoms with van der Waals surface area (Å²) in [6.45, 7) is 8.75. The van der Waals surface area contributed by atoms with Gasteiger partial charge in [0.25, 0.3) is 0 Å². The molecule has 0 fully saturated rings. The zero-order chi connectivity index (χ0) is 12.7. The van der Waals surface area contributed by atoms with Gasteiger partial charge in [-0.05, 0) is 47.8 Å². The highest BCUT2D eigenvalue weighted by molar-refractivity contribution is 9.10. The van der Waals surface area contributed by atoms with Crippen molar-refractivity contribution in [2.75, 3.05) is 18.0 Å². The zero-order valence-corrected chi connectivity index (χ0v) is 12.8. The molecular weight excluding hydrogens is 276 g/mol. The van der Waals surface area contributed by atoms with E-state index < -0.39 is 0 Å². The van der Waals surface area contributed by atoms with Gasteiger partial charge in [0.1, 0.15) is 5.82 Å². The number of hydrogen-bond acceptors (Lipinski definition) is 2. The average Bonchev–Trinajstić information content (AvgIpc) is 2.33. The van der Waals surface area contributed by atoms with Crippen LogP contribution in [0, 0.1) is 6.92 Å². The normalized spacial score (nSPS) is 10.6. The summed E-state index contributed by atoms with van der Waals surface area (Å²) in [6.07, 6.45) is 4.94. The monoisotopic (exact) mass is 298 g/mol. The molecule has 1 rings (SSSR count). The molecule has 0 radical (unpaired) electrons. The van der Waals surface area contributed by atoms with E-state index in [0.717, 1.165) is 29.1 Å². The smallest absolute Gasteiger partial charge is 0.128 e. The maximum Gasteiger partial charge on any atom is 0.128 e. The van der Waals surface area contributed by atoms with Gasteiger partial charge in [0.2, 0.25) is 0 Å². The van der Waals surface area contributed by atoms with Gasteiger partial charge >= 0.3 is 0 Å². The Kier molecular flexibility index (Phi) is 6.56. The molecule has 0 amide bonds. The van der Waals surface area contributed by atoms with Gasteiger partial charge in [-0.3, -0.25) is 0 Å². The van der Waals surface area contributed by atoms with Crippen molar-refractivity contribution in [3.63, 3.8) is 0 Å². The Balaban J connectivity index is 2.75. The number of aryl methyl sites for hydroxylation is 1. The van der Waals surface area contributed by atoms with E-state index in [4.69, 9.17) is 0 Å². The summed E-state index contributed by atoms with van der Waals surface area (Å²) in [5.74, 6) is 1.12. The molecule has 0 aliphatic rings. The Morgan fingerprint density at radius 1 is 1.12 bits per heavy atom. The summed E-state index contributed by atoms with van der Waals surface area (Å²) in [4.78, 5) is 7.07. The fourth-order valence-electron chi connectivity index (χ4n) is 1.75. The van der Waals surface area contributed by atoms with E-state index in [0.29, 0.717) is 0 Å². The van der Waals surface area contributed by atoms with E-state index in [9.17, 15) is 0 Å². The standard InChI is InChI=1S/C14H23BrN2/c1-4-6-10-17(11-7-5-2)14-9-8-13(15)12(3)16-14/h8-9H,4-7,10-11H2,1-3H3. The molecule has 0 bridgehead atoms.